The number of nitrogens with one attached hydrogen (secondary N) is 2. The fourth-order valence-corrected chi connectivity index (χ4v) is 3.28. The minimum Gasteiger partial charge on any atom is -0.496 e. The molecular formula is C22H24ClN3O3. The van der Waals surface area contributed by atoms with Crippen molar-refractivity contribution in [3.05, 3.63) is 59.2 Å². The Balaban J connectivity index is 1.48. The van der Waals surface area contributed by atoms with E-state index in [-0.39, 0.29) is 5.91 Å². The highest BCUT2D eigenvalue weighted by molar-refractivity contribution is 6.31. The van der Waals surface area contributed by atoms with Crippen LogP contribution in [0.5, 0.6) is 11.5 Å². The number of rotatable bonds is 9. The van der Waals surface area contributed by atoms with Gasteiger partial charge in [0.1, 0.15) is 17.1 Å². The number of carbonyl (C=O) groups is 1. The van der Waals surface area contributed by atoms with Crippen molar-refractivity contribution in [2.24, 2.45) is 0 Å². The van der Waals surface area contributed by atoms with E-state index in [1.807, 2.05) is 24.3 Å². The normalized spacial score (nSPS) is 10.6. The van der Waals surface area contributed by atoms with Crippen LogP contribution in [-0.4, -0.2) is 38.2 Å². The number of hydrogen-bond acceptors (Lipinski definition) is 5. The first-order valence-corrected chi connectivity index (χ1v) is 9.79. The molecule has 0 bridgehead atoms. The van der Waals surface area contributed by atoms with Crippen molar-refractivity contribution in [2.45, 2.75) is 12.8 Å². The van der Waals surface area contributed by atoms with Gasteiger partial charge in [0.15, 0.2) is 0 Å². The standard InChI is InChI=1S/C22H24ClN3O3/c1-28-19-6-5-7-20(29-2)21(19)22(27)26-12-4-3-11-24-17-10-13-25-18-14-15(23)8-9-16(17)18/h5-10,13-14H,3-4,11-12H2,1-2H3,(H,24,25)(H,26,27). The van der Waals surface area contributed by atoms with Crippen molar-refractivity contribution >= 4 is 34.1 Å². The number of benzene rings is 2. The summed E-state index contributed by atoms with van der Waals surface area (Å²) < 4.78 is 10.6. The Morgan fingerprint density at radius 2 is 1.76 bits per heavy atom. The Morgan fingerprint density at radius 3 is 2.48 bits per heavy atom. The highest BCUT2D eigenvalue weighted by Crippen LogP contribution is 2.28. The molecule has 152 valence electrons. The number of hydrogen-bond donors (Lipinski definition) is 2. The van der Waals surface area contributed by atoms with E-state index in [0.717, 1.165) is 36.0 Å². The van der Waals surface area contributed by atoms with Crippen LogP contribution in [0.3, 0.4) is 0 Å². The monoisotopic (exact) mass is 413 g/mol. The summed E-state index contributed by atoms with van der Waals surface area (Å²) in [5.41, 5.74) is 2.30. The molecule has 0 aliphatic heterocycles. The predicted molar refractivity (Wildman–Crippen MR) is 116 cm³/mol. The molecule has 0 saturated heterocycles. The van der Waals surface area contributed by atoms with Gasteiger partial charge in [-0.1, -0.05) is 17.7 Å². The molecule has 0 saturated carbocycles. The van der Waals surface area contributed by atoms with E-state index < -0.39 is 0 Å². The van der Waals surface area contributed by atoms with Crippen LogP contribution in [0.25, 0.3) is 10.9 Å². The highest BCUT2D eigenvalue weighted by atomic mass is 35.5. The quantitative estimate of drug-likeness (QED) is 0.504. The van der Waals surface area contributed by atoms with Gasteiger partial charge in [0.2, 0.25) is 0 Å². The predicted octanol–water partition coefficient (Wildman–Crippen LogP) is 4.53. The molecule has 0 spiro atoms. The minimum atomic E-state index is -0.204. The second kappa shape index (κ2) is 9.98. The Labute approximate surface area is 175 Å². The van der Waals surface area contributed by atoms with Crippen LogP contribution >= 0.6 is 11.6 Å². The molecule has 0 atom stereocenters. The zero-order valence-corrected chi connectivity index (χ0v) is 17.3. The summed E-state index contributed by atoms with van der Waals surface area (Å²) in [4.78, 5) is 16.9. The molecule has 0 fully saturated rings. The average Bonchev–Trinajstić information content (AvgIpc) is 2.75. The molecule has 6 nitrogen and oxygen atoms in total. The lowest BCUT2D eigenvalue weighted by Gasteiger charge is -2.13. The van der Waals surface area contributed by atoms with Crippen molar-refractivity contribution in [1.82, 2.24) is 10.3 Å². The third-order valence-electron chi connectivity index (χ3n) is 4.56. The van der Waals surface area contributed by atoms with E-state index in [4.69, 9.17) is 21.1 Å². The van der Waals surface area contributed by atoms with E-state index in [9.17, 15) is 4.79 Å². The number of carbonyl (C=O) groups excluding carboxylic acids is 1. The summed E-state index contributed by atoms with van der Waals surface area (Å²) in [6.07, 6.45) is 3.51. The van der Waals surface area contributed by atoms with E-state index in [0.29, 0.717) is 28.6 Å². The molecule has 3 aromatic rings. The van der Waals surface area contributed by atoms with Gasteiger partial charge in [-0.15, -0.1) is 0 Å². The van der Waals surface area contributed by atoms with Crippen molar-refractivity contribution < 1.29 is 14.3 Å². The maximum Gasteiger partial charge on any atom is 0.258 e. The highest BCUT2D eigenvalue weighted by Gasteiger charge is 2.17. The van der Waals surface area contributed by atoms with Gasteiger partial charge in [-0.2, -0.15) is 0 Å². The van der Waals surface area contributed by atoms with Crippen molar-refractivity contribution in [3.63, 3.8) is 0 Å². The second-order valence-electron chi connectivity index (χ2n) is 6.45. The molecule has 1 heterocycles. The molecule has 1 aromatic heterocycles. The lowest BCUT2D eigenvalue weighted by molar-refractivity contribution is 0.0947. The number of methoxy groups -OCH3 is 2. The van der Waals surface area contributed by atoms with Crippen molar-refractivity contribution in [2.75, 3.05) is 32.6 Å². The third kappa shape index (κ3) is 5.09. The molecular weight excluding hydrogens is 390 g/mol. The Morgan fingerprint density at radius 1 is 1.03 bits per heavy atom. The number of pyridine rings is 1. The number of unbranched alkanes of at least 4 members (excludes halogenated alkanes) is 1. The molecule has 3 rings (SSSR count). The molecule has 0 aliphatic rings. The van der Waals surface area contributed by atoms with Crippen LogP contribution < -0.4 is 20.1 Å². The summed E-state index contributed by atoms with van der Waals surface area (Å²) in [5, 5.41) is 8.07. The lowest BCUT2D eigenvalue weighted by Crippen LogP contribution is -2.25. The van der Waals surface area contributed by atoms with Gasteiger partial charge in [0.25, 0.3) is 5.91 Å². The van der Waals surface area contributed by atoms with Gasteiger partial charge in [0, 0.05) is 35.4 Å². The SMILES string of the molecule is COc1cccc(OC)c1C(=O)NCCCCNc1ccnc2cc(Cl)ccc12. The van der Waals surface area contributed by atoms with Crippen LogP contribution in [0.15, 0.2) is 48.7 Å². The van der Waals surface area contributed by atoms with E-state index in [1.54, 1.807) is 24.4 Å². The number of halogens is 1. The number of ether oxygens (including phenoxy) is 2. The van der Waals surface area contributed by atoms with Gasteiger partial charge < -0.3 is 20.1 Å². The fourth-order valence-electron chi connectivity index (χ4n) is 3.11. The summed E-state index contributed by atoms with van der Waals surface area (Å²) in [6, 6.07) is 12.9. The molecule has 7 heteroatoms. The molecule has 0 radical (unpaired) electrons. The zero-order chi connectivity index (χ0) is 20.6. The molecule has 0 unspecified atom stereocenters. The van der Waals surface area contributed by atoms with Crippen LogP contribution in [-0.2, 0) is 0 Å². The summed E-state index contributed by atoms with van der Waals surface area (Å²) in [7, 11) is 3.07. The molecule has 0 aliphatic carbocycles. The second-order valence-corrected chi connectivity index (χ2v) is 6.88. The Hall–Kier alpha value is -2.99. The van der Waals surface area contributed by atoms with E-state index in [1.165, 1.54) is 14.2 Å². The van der Waals surface area contributed by atoms with E-state index in [2.05, 4.69) is 15.6 Å². The number of aromatic nitrogens is 1. The van der Waals surface area contributed by atoms with Gasteiger partial charge in [-0.25, -0.2) is 0 Å². The topological polar surface area (TPSA) is 72.5 Å². The fraction of sp³-hybridized carbons (Fsp3) is 0.273. The van der Waals surface area contributed by atoms with Crippen LogP contribution in [0.1, 0.15) is 23.2 Å². The Kier molecular flexibility index (Phi) is 7.14. The summed E-state index contributed by atoms with van der Waals surface area (Å²) in [6.45, 7) is 1.35. The van der Waals surface area contributed by atoms with Gasteiger partial charge in [-0.05, 0) is 49.2 Å². The van der Waals surface area contributed by atoms with Crippen molar-refractivity contribution in [1.29, 1.82) is 0 Å². The van der Waals surface area contributed by atoms with Crippen LogP contribution in [0.4, 0.5) is 5.69 Å². The number of anilines is 1. The average molecular weight is 414 g/mol. The number of fused-ring (bicyclic) bond motifs is 1. The smallest absolute Gasteiger partial charge is 0.258 e. The number of nitrogens with zero attached hydrogens (tertiary/aromatic N) is 1. The minimum absolute atomic E-state index is 0.204. The molecule has 29 heavy (non-hydrogen) atoms. The molecule has 1 amide bonds. The molecule has 2 aromatic carbocycles. The third-order valence-corrected chi connectivity index (χ3v) is 4.80. The largest absolute Gasteiger partial charge is 0.496 e. The van der Waals surface area contributed by atoms with E-state index >= 15 is 0 Å². The van der Waals surface area contributed by atoms with Crippen LogP contribution in [0, 0.1) is 0 Å². The summed E-state index contributed by atoms with van der Waals surface area (Å²) in [5.74, 6) is 0.783. The molecule has 2 N–H and O–H groups in total. The maximum atomic E-state index is 12.5. The zero-order valence-electron chi connectivity index (χ0n) is 16.5. The maximum absolute atomic E-state index is 12.5. The van der Waals surface area contributed by atoms with Crippen LogP contribution in [0.2, 0.25) is 5.02 Å². The first-order valence-electron chi connectivity index (χ1n) is 9.41. The Bertz CT molecular complexity index is 972. The van der Waals surface area contributed by atoms with Gasteiger partial charge in [-0.3, -0.25) is 9.78 Å². The lowest BCUT2D eigenvalue weighted by atomic mass is 10.1. The van der Waals surface area contributed by atoms with Gasteiger partial charge >= 0.3 is 0 Å². The number of amides is 1. The van der Waals surface area contributed by atoms with Gasteiger partial charge in [0.05, 0.1) is 19.7 Å². The van der Waals surface area contributed by atoms with Crippen molar-refractivity contribution in [3.8, 4) is 11.5 Å². The first kappa shape index (κ1) is 20.7. The first-order chi connectivity index (χ1) is 14.1. The summed E-state index contributed by atoms with van der Waals surface area (Å²) >= 11 is 6.03.